The Hall–Kier alpha value is -1.03. The van der Waals surface area contributed by atoms with E-state index in [1.54, 1.807) is 0 Å². The molecular weight excluding hydrogens is 238 g/mol. The Bertz CT molecular complexity index is 557. The molecule has 4 nitrogen and oxygen atoms in total. The van der Waals surface area contributed by atoms with E-state index in [0.717, 1.165) is 42.3 Å². The maximum absolute atomic E-state index is 12.1. The Morgan fingerprint density at radius 3 is 2.32 bits per heavy atom. The van der Waals surface area contributed by atoms with Crippen LogP contribution < -0.4 is 10.9 Å². The van der Waals surface area contributed by atoms with E-state index >= 15 is 0 Å². The molecule has 4 heteroatoms. The third-order valence-electron chi connectivity index (χ3n) is 6.20. The van der Waals surface area contributed by atoms with Gasteiger partial charge in [0.2, 0.25) is 0 Å². The molecule has 6 rings (SSSR count). The molecule has 4 fully saturated rings. The minimum Gasteiger partial charge on any atom is -0.307 e. The van der Waals surface area contributed by atoms with Gasteiger partial charge < -0.3 is 5.32 Å². The molecule has 5 aliphatic rings. The van der Waals surface area contributed by atoms with Gasteiger partial charge in [0.15, 0.2) is 0 Å². The molecule has 0 radical (unpaired) electrons. The fraction of sp³-hybridized carbons (Fsp3) is 0.800. The summed E-state index contributed by atoms with van der Waals surface area (Å²) in [6.07, 6.45) is 7.10. The number of aromatic amines is 1. The highest BCUT2D eigenvalue weighted by Gasteiger charge is 2.49. The number of H-pyrrole nitrogens is 1. The SMILES string of the molecule is O=c1[nH]n(C2C3CC4CC(C3)CC2C4)c2c1CNC2. The molecule has 102 valence electrons. The van der Waals surface area contributed by atoms with E-state index in [4.69, 9.17) is 0 Å². The van der Waals surface area contributed by atoms with Crippen LogP contribution in [0.25, 0.3) is 0 Å². The monoisotopic (exact) mass is 259 g/mol. The summed E-state index contributed by atoms with van der Waals surface area (Å²) in [5.41, 5.74) is 2.39. The van der Waals surface area contributed by atoms with E-state index in [-0.39, 0.29) is 5.56 Å². The number of aromatic nitrogens is 2. The second-order valence-electron chi connectivity index (χ2n) is 7.26. The van der Waals surface area contributed by atoms with Gasteiger partial charge in [-0.15, -0.1) is 0 Å². The van der Waals surface area contributed by atoms with Crippen LogP contribution in [0.2, 0.25) is 0 Å². The van der Waals surface area contributed by atoms with Crippen LogP contribution in [0, 0.1) is 23.7 Å². The smallest absolute Gasteiger partial charge is 0.268 e. The zero-order valence-corrected chi connectivity index (χ0v) is 11.2. The maximum Gasteiger partial charge on any atom is 0.268 e. The number of hydrogen-bond acceptors (Lipinski definition) is 2. The van der Waals surface area contributed by atoms with Crippen LogP contribution in [0.3, 0.4) is 0 Å². The lowest BCUT2D eigenvalue weighted by Gasteiger charge is -2.54. The molecule has 2 heterocycles. The van der Waals surface area contributed by atoms with Crippen molar-refractivity contribution in [2.75, 3.05) is 0 Å². The van der Waals surface area contributed by atoms with Crippen LogP contribution in [0.1, 0.15) is 49.4 Å². The first-order valence-corrected chi connectivity index (χ1v) is 7.82. The zero-order chi connectivity index (χ0) is 12.6. The van der Waals surface area contributed by atoms with Gasteiger partial charge >= 0.3 is 0 Å². The van der Waals surface area contributed by atoms with Crippen molar-refractivity contribution in [3.8, 4) is 0 Å². The van der Waals surface area contributed by atoms with Gasteiger partial charge in [-0.2, -0.15) is 0 Å². The summed E-state index contributed by atoms with van der Waals surface area (Å²) in [6.45, 7) is 1.63. The van der Waals surface area contributed by atoms with Gasteiger partial charge in [0.25, 0.3) is 5.56 Å². The van der Waals surface area contributed by atoms with Gasteiger partial charge in [-0.25, -0.2) is 0 Å². The minimum absolute atomic E-state index is 0.147. The average molecular weight is 259 g/mol. The number of rotatable bonds is 1. The fourth-order valence-electron chi connectivity index (χ4n) is 5.77. The lowest BCUT2D eigenvalue weighted by atomic mass is 9.54. The summed E-state index contributed by atoms with van der Waals surface area (Å²) in [5, 5.41) is 6.49. The number of nitrogens with one attached hydrogen (secondary N) is 2. The largest absolute Gasteiger partial charge is 0.307 e. The minimum atomic E-state index is 0.147. The third kappa shape index (κ3) is 1.36. The van der Waals surface area contributed by atoms with Crippen molar-refractivity contribution in [2.24, 2.45) is 23.7 Å². The van der Waals surface area contributed by atoms with Gasteiger partial charge in [-0.3, -0.25) is 14.6 Å². The van der Waals surface area contributed by atoms with Crippen LogP contribution in [0.5, 0.6) is 0 Å². The van der Waals surface area contributed by atoms with E-state index in [0.29, 0.717) is 6.04 Å². The second kappa shape index (κ2) is 3.54. The average Bonchev–Trinajstić information content (AvgIpc) is 2.94. The predicted molar refractivity (Wildman–Crippen MR) is 71.7 cm³/mol. The first kappa shape index (κ1) is 10.7. The Labute approximate surface area is 112 Å². The van der Waals surface area contributed by atoms with Crippen molar-refractivity contribution in [1.29, 1.82) is 0 Å². The summed E-state index contributed by atoms with van der Waals surface area (Å²) < 4.78 is 2.28. The first-order chi connectivity index (χ1) is 9.29. The van der Waals surface area contributed by atoms with Crippen LogP contribution in [-0.4, -0.2) is 9.78 Å². The molecule has 0 unspecified atom stereocenters. The molecule has 4 aliphatic carbocycles. The quantitative estimate of drug-likeness (QED) is 0.807. The molecule has 0 spiro atoms. The van der Waals surface area contributed by atoms with Crippen molar-refractivity contribution in [3.05, 3.63) is 21.6 Å². The summed E-state index contributed by atoms with van der Waals surface area (Å²) in [6, 6.07) is 0.587. The molecule has 0 atom stereocenters. The first-order valence-electron chi connectivity index (χ1n) is 7.82. The molecule has 0 aromatic carbocycles. The molecule has 1 aromatic heterocycles. The number of hydrogen-bond donors (Lipinski definition) is 2. The summed E-state index contributed by atoms with van der Waals surface area (Å²) >= 11 is 0. The van der Waals surface area contributed by atoms with E-state index in [1.807, 2.05) is 0 Å². The van der Waals surface area contributed by atoms with Crippen molar-refractivity contribution in [1.82, 2.24) is 15.1 Å². The standard InChI is InChI=1S/C15H21N3O/c19-15-12-6-16-7-13(12)18(17-15)14-10-2-8-1-9(4-10)5-11(14)3-8/h8-11,14,16H,1-7H2,(H,17,19). The Morgan fingerprint density at radius 1 is 0.947 bits per heavy atom. The number of nitrogens with zero attached hydrogens (tertiary/aromatic N) is 1. The van der Waals surface area contributed by atoms with Gasteiger partial charge in [-0.05, 0) is 55.8 Å². The predicted octanol–water partition coefficient (Wildman–Crippen LogP) is 1.78. The Morgan fingerprint density at radius 2 is 1.63 bits per heavy atom. The molecule has 0 amide bonds. The van der Waals surface area contributed by atoms with E-state index < -0.39 is 0 Å². The molecule has 1 aliphatic heterocycles. The van der Waals surface area contributed by atoms with Crippen molar-refractivity contribution in [2.45, 2.75) is 51.2 Å². The molecule has 2 N–H and O–H groups in total. The normalized spacial score (nSPS) is 42.8. The lowest BCUT2D eigenvalue weighted by molar-refractivity contribution is -0.0347. The van der Waals surface area contributed by atoms with Crippen molar-refractivity contribution in [3.63, 3.8) is 0 Å². The van der Waals surface area contributed by atoms with Crippen molar-refractivity contribution < 1.29 is 0 Å². The van der Waals surface area contributed by atoms with Gasteiger partial charge in [-0.1, -0.05) is 0 Å². The highest BCUT2D eigenvalue weighted by Crippen LogP contribution is 2.58. The Balaban J connectivity index is 1.60. The number of fused-ring (bicyclic) bond motifs is 1. The van der Waals surface area contributed by atoms with Crippen LogP contribution in [0.15, 0.2) is 4.79 Å². The summed E-state index contributed by atoms with van der Waals surface area (Å²) in [7, 11) is 0. The zero-order valence-electron chi connectivity index (χ0n) is 11.2. The van der Waals surface area contributed by atoms with E-state index in [1.165, 1.54) is 37.8 Å². The summed E-state index contributed by atoms with van der Waals surface area (Å²) in [4.78, 5) is 12.1. The summed E-state index contributed by atoms with van der Waals surface area (Å²) in [5.74, 6) is 3.63. The molecule has 19 heavy (non-hydrogen) atoms. The van der Waals surface area contributed by atoms with Crippen molar-refractivity contribution >= 4 is 0 Å². The fourth-order valence-corrected chi connectivity index (χ4v) is 5.77. The molecule has 0 saturated heterocycles. The second-order valence-corrected chi connectivity index (χ2v) is 7.26. The van der Waals surface area contributed by atoms with Gasteiger partial charge in [0.1, 0.15) is 0 Å². The van der Waals surface area contributed by atoms with Gasteiger partial charge in [0, 0.05) is 13.1 Å². The molecular formula is C15H21N3O. The molecule has 4 bridgehead atoms. The highest BCUT2D eigenvalue weighted by atomic mass is 16.1. The molecule has 4 saturated carbocycles. The maximum atomic E-state index is 12.1. The lowest BCUT2D eigenvalue weighted by Crippen LogP contribution is -2.46. The Kier molecular flexibility index (Phi) is 2.00. The van der Waals surface area contributed by atoms with Crippen LogP contribution in [-0.2, 0) is 13.1 Å². The van der Waals surface area contributed by atoms with E-state index in [2.05, 4.69) is 15.1 Å². The van der Waals surface area contributed by atoms with Gasteiger partial charge in [0.05, 0.1) is 17.3 Å². The van der Waals surface area contributed by atoms with Crippen LogP contribution in [0.4, 0.5) is 0 Å². The third-order valence-corrected chi connectivity index (χ3v) is 6.20. The topological polar surface area (TPSA) is 49.8 Å². The molecule has 1 aromatic rings. The van der Waals surface area contributed by atoms with Crippen LogP contribution >= 0.6 is 0 Å². The highest BCUT2D eigenvalue weighted by molar-refractivity contribution is 5.23. The van der Waals surface area contributed by atoms with E-state index in [9.17, 15) is 4.79 Å².